The molecule has 1 aromatic heterocycles. The van der Waals surface area contributed by atoms with Gasteiger partial charge in [-0.2, -0.15) is 5.10 Å². The molecule has 0 aliphatic rings. The average Bonchev–Trinajstić information content (AvgIpc) is 2.72. The average molecular weight is 339 g/mol. The lowest BCUT2D eigenvalue weighted by atomic mass is 10.1. The molecular weight excluding hydrogens is 310 g/mol. The Hall–Kier alpha value is -2.25. The van der Waals surface area contributed by atoms with Gasteiger partial charge in [-0.3, -0.25) is 10.00 Å². The third-order valence-electron chi connectivity index (χ3n) is 3.15. The Labute approximate surface area is 143 Å². The molecule has 0 fully saturated rings. The fourth-order valence-electron chi connectivity index (χ4n) is 2.10. The molecule has 1 rings (SSSR count). The van der Waals surface area contributed by atoms with Gasteiger partial charge in [0.1, 0.15) is 11.4 Å². The van der Waals surface area contributed by atoms with Gasteiger partial charge in [-0.25, -0.2) is 9.59 Å². The maximum Gasteiger partial charge on any atom is 0.410 e. The van der Waals surface area contributed by atoms with Gasteiger partial charge >= 0.3 is 12.1 Å². The summed E-state index contributed by atoms with van der Waals surface area (Å²) in [5, 5.41) is 9.69. The summed E-state index contributed by atoms with van der Waals surface area (Å²) in [7, 11) is 3.45. The van der Waals surface area contributed by atoms with E-state index in [9.17, 15) is 9.59 Å². The molecule has 1 aromatic rings. The van der Waals surface area contributed by atoms with Gasteiger partial charge in [-0.05, 0) is 33.6 Å². The highest BCUT2D eigenvalue weighted by Crippen LogP contribution is 2.10. The minimum atomic E-state index is -0.520. The normalized spacial score (nSPS) is 12.5. The fourth-order valence-corrected chi connectivity index (χ4v) is 2.10. The number of anilines is 1. The van der Waals surface area contributed by atoms with E-state index < -0.39 is 5.60 Å². The molecule has 24 heavy (non-hydrogen) atoms. The number of nitrogens with one attached hydrogen (secondary N) is 2. The predicted molar refractivity (Wildman–Crippen MR) is 93.0 cm³/mol. The van der Waals surface area contributed by atoms with E-state index in [1.165, 1.54) is 4.90 Å². The number of carbonyl (C=O) groups excluding carboxylic acids is 2. The first kappa shape index (κ1) is 19.8. The summed E-state index contributed by atoms with van der Waals surface area (Å²) in [6.45, 7) is 10.2. The number of ether oxygens (including phenoxy) is 1. The number of aromatic nitrogens is 2. The quantitative estimate of drug-likeness (QED) is 0.862. The highest BCUT2D eigenvalue weighted by molar-refractivity contribution is 5.88. The van der Waals surface area contributed by atoms with Crippen LogP contribution in [0.25, 0.3) is 0 Å². The number of urea groups is 1. The van der Waals surface area contributed by atoms with Crippen molar-refractivity contribution in [3.63, 3.8) is 0 Å². The lowest BCUT2D eigenvalue weighted by molar-refractivity contribution is 0.0278. The molecule has 8 heteroatoms. The number of amides is 3. The topological polar surface area (TPSA) is 88.5 Å². The van der Waals surface area contributed by atoms with Crippen molar-refractivity contribution in [1.82, 2.24) is 20.0 Å². The van der Waals surface area contributed by atoms with Crippen molar-refractivity contribution in [2.24, 2.45) is 13.0 Å². The van der Waals surface area contributed by atoms with Gasteiger partial charge in [0.2, 0.25) is 0 Å². The molecule has 3 amide bonds. The third kappa shape index (κ3) is 6.89. The van der Waals surface area contributed by atoms with Crippen molar-refractivity contribution in [3.8, 4) is 0 Å². The number of carbonyl (C=O) groups is 2. The van der Waals surface area contributed by atoms with Crippen molar-refractivity contribution < 1.29 is 14.3 Å². The molecule has 136 valence electrons. The van der Waals surface area contributed by atoms with Crippen molar-refractivity contribution in [2.75, 3.05) is 25.5 Å². The number of aryl methyl sites for hydroxylation is 2. The Balaban J connectivity index is 2.37. The second kappa shape index (κ2) is 8.03. The summed E-state index contributed by atoms with van der Waals surface area (Å²) < 4.78 is 6.90. The van der Waals surface area contributed by atoms with Crippen LogP contribution in [0.3, 0.4) is 0 Å². The molecule has 0 aromatic carbocycles. The maximum absolute atomic E-state index is 11.9. The van der Waals surface area contributed by atoms with Crippen LogP contribution in [0.1, 0.15) is 33.4 Å². The molecule has 1 atom stereocenters. The van der Waals surface area contributed by atoms with E-state index in [1.54, 1.807) is 24.8 Å². The van der Waals surface area contributed by atoms with Gasteiger partial charge in [-0.15, -0.1) is 0 Å². The SMILES string of the molecule is Cc1cc(NC(=O)NC[C@@H](C)CN(C)C(=O)OC(C)(C)C)n(C)n1. The Bertz CT molecular complexity index is 577. The molecule has 0 spiro atoms. The summed E-state index contributed by atoms with van der Waals surface area (Å²) in [6, 6.07) is 1.49. The highest BCUT2D eigenvalue weighted by atomic mass is 16.6. The summed E-state index contributed by atoms with van der Waals surface area (Å²) in [4.78, 5) is 25.3. The minimum Gasteiger partial charge on any atom is -0.444 e. The largest absolute Gasteiger partial charge is 0.444 e. The zero-order valence-corrected chi connectivity index (χ0v) is 15.6. The smallest absolute Gasteiger partial charge is 0.410 e. The fraction of sp³-hybridized carbons (Fsp3) is 0.688. The molecule has 0 radical (unpaired) electrons. The molecule has 1 heterocycles. The first-order chi connectivity index (χ1) is 11.0. The standard InChI is InChI=1S/C16H29N5O3/c1-11(10-20(6)15(23)24-16(3,4)5)9-17-14(22)18-13-8-12(2)19-21(13)7/h8,11H,9-10H2,1-7H3,(H2,17,18,22)/t11-/m1/s1. The van der Waals surface area contributed by atoms with E-state index in [0.29, 0.717) is 18.9 Å². The van der Waals surface area contributed by atoms with Crippen molar-refractivity contribution in [3.05, 3.63) is 11.8 Å². The molecule has 0 aliphatic heterocycles. The molecule has 0 saturated heterocycles. The first-order valence-corrected chi connectivity index (χ1v) is 7.97. The number of rotatable bonds is 5. The lowest BCUT2D eigenvalue weighted by Crippen LogP contribution is -2.40. The number of nitrogens with zero attached hydrogens (tertiary/aromatic N) is 3. The molecule has 8 nitrogen and oxygen atoms in total. The van der Waals surface area contributed by atoms with E-state index in [4.69, 9.17) is 4.74 Å². The summed E-state index contributed by atoms with van der Waals surface area (Å²) in [6.07, 6.45) is -0.371. The predicted octanol–water partition coefficient (Wildman–Crippen LogP) is 2.35. The minimum absolute atomic E-state index is 0.0848. The second-order valence-electron chi connectivity index (χ2n) is 7.10. The van der Waals surface area contributed by atoms with Crippen molar-refractivity contribution in [1.29, 1.82) is 0 Å². The maximum atomic E-state index is 11.9. The summed E-state index contributed by atoms with van der Waals surface area (Å²) in [5.74, 6) is 0.713. The van der Waals surface area contributed by atoms with Gasteiger partial charge in [0.15, 0.2) is 0 Å². The Kier molecular flexibility index (Phi) is 6.62. The Morgan fingerprint density at radius 2 is 2.04 bits per heavy atom. The zero-order valence-electron chi connectivity index (χ0n) is 15.6. The van der Waals surface area contributed by atoms with Gasteiger partial charge in [-0.1, -0.05) is 6.92 Å². The van der Waals surface area contributed by atoms with Gasteiger partial charge in [0, 0.05) is 33.3 Å². The second-order valence-corrected chi connectivity index (χ2v) is 7.10. The zero-order chi connectivity index (χ0) is 18.5. The summed E-state index contributed by atoms with van der Waals surface area (Å²) >= 11 is 0. The van der Waals surface area contributed by atoms with Crippen LogP contribution in [0.4, 0.5) is 15.4 Å². The van der Waals surface area contributed by atoms with Gasteiger partial charge in [0.05, 0.1) is 5.69 Å². The number of hydrogen-bond donors (Lipinski definition) is 2. The van der Waals surface area contributed by atoms with E-state index in [-0.39, 0.29) is 18.0 Å². The van der Waals surface area contributed by atoms with Crippen LogP contribution in [0.15, 0.2) is 6.07 Å². The van der Waals surface area contributed by atoms with Crippen LogP contribution in [0.5, 0.6) is 0 Å². The number of hydrogen-bond acceptors (Lipinski definition) is 4. The van der Waals surface area contributed by atoms with Gasteiger partial charge < -0.3 is 15.0 Å². The third-order valence-corrected chi connectivity index (χ3v) is 3.15. The van der Waals surface area contributed by atoms with Gasteiger partial charge in [0.25, 0.3) is 0 Å². The summed E-state index contributed by atoms with van der Waals surface area (Å²) in [5.41, 5.74) is 0.314. The first-order valence-electron chi connectivity index (χ1n) is 7.97. The molecule has 0 bridgehead atoms. The van der Waals surface area contributed by atoms with Crippen LogP contribution in [-0.2, 0) is 11.8 Å². The van der Waals surface area contributed by atoms with E-state index >= 15 is 0 Å². The molecule has 0 aliphatic carbocycles. The molecule has 2 N–H and O–H groups in total. The van der Waals surface area contributed by atoms with Crippen LogP contribution < -0.4 is 10.6 Å². The van der Waals surface area contributed by atoms with Crippen LogP contribution in [-0.4, -0.2) is 52.5 Å². The van der Waals surface area contributed by atoms with E-state index in [1.807, 2.05) is 34.6 Å². The van der Waals surface area contributed by atoms with Crippen molar-refractivity contribution in [2.45, 2.75) is 40.2 Å². The van der Waals surface area contributed by atoms with Crippen LogP contribution in [0, 0.1) is 12.8 Å². The Morgan fingerprint density at radius 3 is 2.54 bits per heavy atom. The van der Waals surface area contributed by atoms with E-state index in [0.717, 1.165) is 5.69 Å². The molecular formula is C16H29N5O3. The molecule has 0 saturated carbocycles. The lowest BCUT2D eigenvalue weighted by Gasteiger charge is -2.26. The van der Waals surface area contributed by atoms with Crippen LogP contribution >= 0.6 is 0 Å². The van der Waals surface area contributed by atoms with Crippen molar-refractivity contribution >= 4 is 17.9 Å². The highest BCUT2D eigenvalue weighted by Gasteiger charge is 2.21. The van der Waals surface area contributed by atoms with Crippen LogP contribution in [0.2, 0.25) is 0 Å². The monoisotopic (exact) mass is 339 g/mol. The van der Waals surface area contributed by atoms with E-state index in [2.05, 4.69) is 15.7 Å². The Morgan fingerprint density at radius 1 is 1.42 bits per heavy atom. The molecule has 0 unspecified atom stereocenters.